The summed E-state index contributed by atoms with van der Waals surface area (Å²) in [5.41, 5.74) is 6.91. The molecule has 2 aliphatic carbocycles. The first-order valence-corrected chi connectivity index (χ1v) is 14.9. The van der Waals surface area contributed by atoms with Gasteiger partial charge >= 0.3 is 11.9 Å². The molecular formula is C32H29NO5S2. The number of ketones is 1. The third-order valence-corrected chi connectivity index (χ3v) is 9.04. The van der Waals surface area contributed by atoms with Crippen LogP contribution < -0.4 is 0 Å². The molecule has 0 radical (unpaired) electrons. The summed E-state index contributed by atoms with van der Waals surface area (Å²) in [6.07, 6.45) is 8.19. The zero-order chi connectivity index (χ0) is 28.1. The Morgan fingerprint density at radius 2 is 1.80 bits per heavy atom. The molecule has 2 heterocycles. The number of thioether (sulfide) groups is 1. The van der Waals surface area contributed by atoms with Crippen molar-refractivity contribution in [2.24, 2.45) is 4.99 Å². The lowest BCUT2D eigenvalue weighted by molar-refractivity contribution is -0.137. The molecule has 1 unspecified atom stereocenters. The maximum absolute atomic E-state index is 12.8. The summed E-state index contributed by atoms with van der Waals surface area (Å²) in [6, 6.07) is 16.4. The molecule has 3 aliphatic rings. The van der Waals surface area contributed by atoms with Gasteiger partial charge in [0.15, 0.2) is 5.78 Å². The highest BCUT2D eigenvalue weighted by Gasteiger charge is 2.31. The minimum atomic E-state index is -0.584. The van der Waals surface area contributed by atoms with Crippen LogP contribution in [-0.2, 0) is 38.3 Å². The number of hydrogen-bond donors (Lipinski definition) is 0. The van der Waals surface area contributed by atoms with Gasteiger partial charge in [-0.05, 0) is 82.2 Å². The predicted octanol–water partition coefficient (Wildman–Crippen LogP) is 6.43. The average molecular weight is 572 g/mol. The molecule has 0 bridgehead atoms. The first-order valence-electron chi connectivity index (χ1n) is 13.0. The summed E-state index contributed by atoms with van der Waals surface area (Å²) >= 11 is 3.24. The number of hydrogen-bond acceptors (Lipinski definition) is 8. The quantitative estimate of drug-likeness (QED) is 0.259. The van der Waals surface area contributed by atoms with Gasteiger partial charge < -0.3 is 9.47 Å². The SMILES string of the molecule is C1=CSCC=N1.COC(=O)C1=Cc2ccc3c(c2CC1=O)CC(CCc1ccc(C(=O)OC)s1)c1ccccc1-3. The Balaban J connectivity index is 0.000000477. The summed E-state index contributed by atoms with van der Waals surface area (Å²) in [7, 11) is 2.69. The number of aryl methyl sites for hydroxylation is 1. The van der Waals surface area contributed by atoms with Gasteiger partial charge in [0.25, 0.3) is 0 Å². The number of esters is 2. The van der Waals surface area contributed by atoms with Crippen LogP contribution in [0, 0.1) is 0 Å². The number of carbonyl (C=O) groups excluding carboxylic acids is 3. The maximum atomic E-state index is 12.8. The smallest absolute Gasteiger partial charge is 0.348 e. The van der Waals surface area contributed by atoms with E-state index in [2.05, 4.69) is 29.3 Å². The van der Waals surface area contributed by atoms with E-state index >= 15 is 0 Å². The molecule has 0 spiro atoms. The zero-order valence-corrected chi connectivity index (χ0v) is 24.0. The Hall–Kier alpha value is -3.75. The van der Waals surface area contributed by atoms with E-state index in [1.54, 1.807) is 24.0 Å². The van der Waals surface area contributed by atoms with Gasteiger partial charge in [-0.1, -0.05) is 36.4 Å². The van der Waals surface area contributed by atoms with E-state index < -0.39 is 5.97 Å². The van der Waals surface area contributed by atoms with Crippen molar-refractivity contribution >= 4 is 53.1 Å². The van der Waals surface area contributed by atoms with Gasteiger partial charge in [0, 0.05) is 29.5 Å². The Kier molecular flexibility index (Phi) is 8.77. The Bertz CT molecular complexity index is 1540. The van der Waals surface area contributed by atoms with E-state index in [9.17, 15) is 14.4 Å². The number of fused-ring (bicyclic) bond motifs is 5. The molecule has 6 rings (SSSR count). The number of thiophene rings is 1. The molecule has 204 valence electrons. The first-order chi connectivity index (χ1) is 19.5. The lowest BCUT2D eigenvalue weighted by Gasteiger charge is -2.31. The van der Waals surface area contributed by atoms with Crippen molar-refractivity contribution in [2.75, 3.05) is 20.0 Å². The second kappa shape index (κ2) is 12.6. The third-order valence-electron chi connectivity index (χ3n) is 7.26. The van der Waals surface area contributed by atoms with E-state index in [1.165, 1.54) is 42.2 Å². The summed E-state index contributed by atoms with van der Waals surface area (Å²) in [5, 5.41) is 1.99. The van der Waals surface area contributed by atoms with Crippen LogP contribution in [-0.4, -0.2) is 43.9 Å². The van der Waals surface area contributed by atoms with Gasteiger partial charge in [-0.15, -0.1) is 23.1 Å². The molecule has 6 nitrogen and oxygen atoms in total. The first kappa shape index (κ1) is 27.8. The predicted molar refractivity (Wildman–Crippen MR) is 161 cm³/mol. The van der Waals surface area contributed by atoms with Gasteiger partial charge in [0.1, 0.15) is 10.5 Å². The Labute approximate surface area is 241 Å². The molecule has 40 heavy (non-hydrogen) atoms. The normalized spacial score (nSPS) is 16.5. The van der Waals surface area contributed by atoms with Crippen LogP contribution in [0.25, 0.3) is 17.2 Å². The van der Waals surface area contributed by atoms with Crippen molar-refractivity contribution in [1.29, 1.82) is 0 Å². The van der Waals surface area contributed by atoms with Crippen molar-refractivity contribution in [3.05, 3.63) is 97.7 Å². The van der Waals surface area contributed by atoms with Gasteiger partial charge in [0.05, 0.1) is 14.2 Å². The van der Waals surface area contributed by atoms with E-state index in [0.717, 1.165) is 46.6 Å². The highest BCUT2D eigenvalue weighted by Crippen LogP contribution is 2.44. The largest absolute Gasteiger partial charge is 0.465 e. The van der Waals surface area contributed by atoms with E-state index in [-0.39, 0.29) is 23.7 Å². The Morgan fingerprint density at radius 3 is 2.50 bits per heavy atom. The summed E-state index contributed by atoms with van der Waals surface area (Å²) in [5.74, 6) is 0.246. The molecule has 8 heteroatoms. The molecule has 3 aromatic rings. The summed E-state index contributed by atoms with van der Waals surface area (Å²) in [4.78, 5) is 42.2. The van der Waals surface area contributed by atoms with Crippen molar-refractivity contribution in [3.8, 4) is 11.1 Å². The van der Waals surface area contributed by atoms with Crippen LogP contribution in [0.2, 0.25) is 0 Å². The highest BCUT2D eigenvalue weighted by molar-refractivity contribution is 8.02. The summed E-state index contributed by atoms with van der Waals surface area (Å²) < 4.78 is 9.62. The highest BCUT2D eigenvalue weighted by atomic mass is 32.2. The topological polar surface area (TPSA) is 82.0 Å². The number of ether oxygens (including phenoxy) is 2. The van der Waals surface area contributed by atoms with Gasteiger partial charge in [-0.2, -0.15) is 0 Å². The maximum Gasteiger partial charge on any atom is 0.348 e. The summed E-state index contributed by atoms with van der Waals surface area (Å²) in [6.45, 7) is 0. The van der Waals surface area contributed by atoms with Crippen molar-refractivity contribution in [1.82, 2.24) is 0 Å². The monoisotopic (exact) mass is 571 g/mol. The van der Waals surface area contributed by atoms with E-state index in [4.69, 9.17) is 9.47 Å². The van der Waals surface area contributed by atoms with Crippen molar-refractivity contribution in [2.45, 2.75) is 31.6 Å². The molecule has 0 saturated carbocycles. The molecule has 1 aliphatic heterocycles. The lowest BCUT2D eigenvalue weighted by atomic mass is 9.73. The van der Waals surface area contributed by atoms with Gasteiger partial charge in [-0.3, -0.25) is 9.79 Å². The van der Waals surface area contributed by atoms with Crippen LogP contribution in [0.1, 0.15) is 49.1 Å². The number of rotatable bonds is 5. The number of nitrogens with zero attached hydrogens (tertiary/aromatic N) is 1. The average Bonchev–Trinajstić information content (AvgIpc) is 3.49. The number of carbonyl (C=O) groups is 3. The van der Waals surface area contributed by atoms with Crippen LogP contribution in [0.3, 0.4) is 0 Å². The van der Waals surface area contributed by atoms with Crippen LogP contribution in [0.4, 0.5) is 0 Å². The standard InChI is InChI=1S/C28H24O5S.C4H5NS/c1-32-27(30)24-14-17-8-11-21-20-6-4-3-5-19(20)16(13-23(21)22(17)15-25(24)29)7-9-18-10-12-26(34-18)28(31)33-2;1-3-6-4-2-5-1/h3-6,8,10-12,14,16H,7,9,13,15H2,1-2H3;1-3H,4H2. The molecule has 2 aromatic carbocycles. The van der Waals surface area contributed by atoms with Crippen LogP contribution >= 0.6 is 23.1 Å². The van der Waals surface area contributed by atoms with E-state index in [0.29, 0.717) is 10.8 Å². The fourth-order valence-corrected chi connectivity index (χ4v) is 6.73. The van der Waals surface area contributed by atoms with Crippen LogP contribution in [0.5, 0.6) is 0 Å². The number of aliphatic imine (C=N–C) groups is 1. The molecule has 0 saturated heterocycles. The van der Waals surface area contributed by atoms with Crippen LogP contribution in [0.15, 0.2) is 70.7 Å². The molecular weight excluding hydrogens is 542 g/mol. The molecule has 1 atom stereocenters. The minimum absolute atomic E-state index is 0.113. The fraction of sp³-hybridized carbons (Fsp3) is 0.250. The zero-order valence-electron chi connectivity index (χ0n) is 22.3. The Morgan fingerprint density at radius 1 is 0.975 bits per heavy atom. The van der Waals surface area contributed by atoms with Crippen molar-refractivity contribution in [3.63, 3.8) is 0 Å². The number of benzene rings is 2. The molecule has 0 fully saturated rings. The van der Waals surface area contributed by atoms with Gasteiger partial charge in [0.2, 0.25) is 0 Å². The molecule has 0 N–H and O–H groups in total. The second-order valence-electron chi connectivity index (χ2n) is 9.54. The number of Topliss-reactive ketones (excluding diaryl/α,β-unsaturated/α-hetero) is 1. The van der Waals surface area contributed by atoms with Gasteiger partial charge in [-0.25, -0.2) is 9.59 Å². The fourth-order valence-electron chi connectivity index (χ4n) is 5.35. The third kappa shape index (κ3) is 5.88. The lowest BCUT2D eigenvalue weighted by Crippen LogP contribution is -2.23. The van der Waals surface area contributed by atoms with E-state index in [1.807, 2.05) is 35.9 Å². The van der Waals surface area contributed by atoms with Crippen molar-refractivity contribution < 1.29 is 23.9 Å². The second-order valence-corrected chi connectivity index (χ2v) is 11.7. The molecule has 1 aromatic heterocycles. The number of methoxy groups -OCH3 is 2. The minimum Gasteiger partial charge on any atom is -0.465 e. The molecule has 0 amide bonds.